The van der Waals surface area contributed by atoms with Crippen molar-refractivity contribution in [2.75, 3.05) is 42.1 Å². The number of methoxy groups -OCH3 is 5. The van der Waals surface area contributed by atoms with Gasteiger partial charge in [0, 0.05) is 30.2 Å². The predicted octanol–water partition coefficient (Wildman–Crippen LogP) is 4.57. The van der Waals surface area contributed by atoms with Crippen molar-refractivity contribution in [2.45, 2.75) is 31.8 Å². The van der Waals surface area contributed by atoms with Crippen LogP contribution in [0, 0.1) is 5.21 Å². The van der Waals surface area contributed by atoms with E-state index in [4.69, 9.17) is 23.7 Å². The van der Waals surface area contributed by atoms with Crippen LogP contribution in [0.2, 0.25) is 0 Å². The van der Waals surface area contributed by atoms with Gasteiger partial charge in [-0.1, -0.05) is 0 Å². The molecule has 32 heavy (non-hydrogen) atoms. The Balaban J connectivity index is 1.98. The van der Waals surface area contributed by atoms with Crippen molar-refractivity contribution in [1.82, 2.24) is 0 Å². The lowest BCUT2D eigenvalue weighted by atomic mass is 9.84. The average Bonchev–Trinajstić information content (AvgIpc) is 3.20. The molecule has 2 atom stereocenters. The molecule has 2 aliphatic heterocycles. The Morgan fingerprint density at radius 3 is 2.00 bits per heavy atom. The minimum absolute atomic E-state index is 0.0855. The summed E-state index contributed by atoms with van der Waals surface area (Å²) in [5.41, 5.74) is 2.27. The van der Waals surface area contributed by atoms with E-state index in [-0.39, 0.29) is 10.7 Å². The van der Waals surface area contributed by atoms with Gasteiger partial charge >= 0.3 is 0 Å². The number of rotatable bonds is 5. The molecule has 7 heteroatoms. The minimum atomic E-state index is -0.146. The number of hydroxylamine groups is 3. The molecule has 0 aliphatic carbocycles. The fraction of sp³-hybridized carbons (Fsp3) is 0.440. The summed E-state index contributed by atoms with van der Waals surface area (Å²) in [5.74, 6) is 3.03. The average molecular weight is 440 g/mol. The first kappa shape index (κ1) is 21.0. The number of quaternary nitrogens is 1. The number of benzene rings is 3. The van der Waals surface area contributed by atoms with E-state index in [0.29, 0.717) is 41.8 Å². The molecule has 0 bridgehead atoms. The third-order valence-corrected chi connectivity index (χ3v) is 7.24. The summed E-state index contributed by atoms with van der Waals surface area (Å²) in [7, 11) is 8.13. The summed E-state index contributed by atoms with van der Waals surface area (Å²) >= 11 is 0. The molecule has 0 aromatic heterocycles. The van der Waals surface area contributed by atoms with Gasteiger partial charge in [-0.05, 0) is 39.9 Å². The topological polar surface area (TPSA) is 69.2 Å². The zero-order valence-corrected chi connectivity index (χ0v) is 19.2. The fourth-order valence-corrected chi connectivity index (χ4v) is 5.73. The van der Waals surface area contributed by atoms with Gasteiger partial charge in [-0.15, -0.1) is 0 Å². The molecular formula is C25H29NO6. The lowest BCUT2D eigenvalue weighted by Crippen LogP contribution is -2.49. The van der Waals surface area contributed by atoms with Gasteiger partial charge in [0.05, 0.1) is 48.1 Å². The Kier molecular flexibility index (Phi) is 4.98. The first-order valence-electron chi connectivity index (χ1n) is 10.9. The van der Waals surface area contributed by atoms with E-state index in [9.17, 15) is 5.21 Å². The zero-order chi connectivity index (χ0) is 22.6. The van der Waals surface area contributed by atoms with E-state index in [0.717, 1.165) is 46.4 Å². The van der Waals surface area contributed by atoms with Crippen LogP contribution in [0.15, 0.2) is 18.2 Å². The molecule has 2 aliphatic rings. The van der Waals surface area contributed by atoms with Crippen LogP contribution in [0.25, 0.3) is 21.5 Å². The zero-order valence-electron chi connectivity index (χ0n) is 19.2. The lowest BCUT2D eigenvalue weighted by Gasteiger charge is -2.48. The van der Waals surface area contributed by atoms with Crippen molar-refractivity contribution in [3.8, 4) is 28.7 Å². The van der Waals surface area contributed by atoms with Gasteiger partial charge in [-0.3, -0.25) is 0 Å². The van der Waals surface area contributed by atoms with Gasteiger partial charge in [0.1, 0.15) is 6.54 Å². The van der Waals surface area contributed by atoms with Crippen LogP contribution >= 0.6 is 0 Å². The van der Waals surface area contributed by atoms with Crippen molar-refractivity contribution < 1.29 is 28.3 Å². The predicted molar refractivity (Wildman–Crippen MR) is 123 cm³/mol. The number of nitrogens with zero attached hydrogens (tertiary/aromatic N) is 1. The van der Waals surface area contributed by atoms with Crippen LogP contribution in [-0.2, 0) is 13.0 Å². The van der Waals surface area contributed by atoms with Crippen LogP contribution in [-0.4, -0.2) is 52.8 Å². The van der Waals surface area contributed by atoms with E-state index < -0.39 is 0 Å². The first-order valence-corrected chi connectivity index (χ1v) is 10.9. The number of hydrogen-bond acceptors (Lipinski definition) is 6. The highest BCUT2D eigenvalue weighted by molar-refractivity contribution is 6.16. The second-order valence-electron chi connectivity index (χ2n) is 8.61. The summed E-state index contributed by atoms with van der Waals surface area (Å²) < 4.78 is 28.3. The van der Waals surface area contributed by atoms with Crippen molar-refractivity contribution in [3.05, 3.63) is 34.5 Å². The molecule has 2 heterocycles. The highest BCUT2D eigenvalue weighted by Crippen LogP contribution is 2.52. The van der Waals surface area contributed by atoms with Gasteiger partial charge in [0.25, 0.3) is 0 Å². The van der Waals surface area contributed by atoms with Gasteiger partial charge in [-0.2, -0.15) is 0 Å². The molecular weight excluding hydrogens is 410 g/mol. The van der Waals surface area contributed by atoms with Crippen molar-refractivity contribution in [1.29, 1.82) is 0 Å². The quantitative estimate of drug-likeness (QED) is 0.330. The van der Waals surface area contributed by atoms with Gasteiger partial charge in [-0.25, -0.2) is 0 Å². The molecule has 170 valence electrons. The first-order chi connectivity index (χ1) is 15.5. The van der Waals surface area contributed by atoms with Crippen LogP contribution in [0.3, 0.4) is 0 Å². The SMILES string of the molecule is COc1cc2c3c(c4cc(OC)c(OC)c(OC)c4c2cc1OC)CC1CCC[N+]1([O-])C3. The minimum Gasteiger partial charge on any atom is -0.632 e. The fourth-order valence-electron chi connectivity index (χ4n) is 5.73. The highest BCUT2D eigenvalue weighted by atomic mass is 16.6. The van der Waals surface area contributed by atoms with Gasteiger partial charge in [0.15, 0.2) is 23.0 Å². The van der Waals surface area contributed by atoms with Crippen LogP contribution in [0.1, 0.15) is 24.0 Å². The van der Waals surface area contributed by atoms with E-state index in [1.807, 2.05) is 18.2 Å². The van der Waals surface area contributed by atoms with Crippen molar-refractivity contribution in [2.24, 2.45) is 0 Å². The van der Waals surface area contributed by atoms with Gasteiger partial charge < -0.3 is 33.5 Å². The second kappa shape index (κ2) is 7.60. The van der Waals surface area contributed by atoms with Crippen LogP contribution in [0.5, 0.6) is 28.7 Å². The normalized spacial score (nSPS) is 21.9. The van der Waals surface area contributed by atoms with Crippen LogP contribution in [0.4, 0.5) is 0 Å². The molecule has 1 fully saturated rings. The number of fused-ring (bicyclic) bond motifs is 7. The number of hydrogen-bond donors (Lipinski definition) is 0. The maximum Gasteiger partial charge on any atom is 0.203 e. The third-order valence-electron chi connectivity index (χ3n) is 7.24. The van der Waals surface area contributed by atoms with E-state index in [2.05, 4.69) is 0 Å². The lowest BCUT2D eigenvalue weighted by molar-refractivity contribution is -0.907. The van der Waals surface area contributed by atoms with E-state index in [1.54, 1.807) is 35.5 Å². The maximum absolute atomic E-state index is 13.7. The smallest absolute Gasteiger partial charge is 0.203 e. The Labute approximate surface area is 187 Å². The Morgan fingerprint density at radius 2 is 1.38 bits per heavy atom. The summed E-state index contributed by atoms with van der Waals surface area (Å²) in [4.78, 5) is 0. The molecule has 1 saturated heterocycles. The molecule has 5 rings (SSSR count). The Bertz CT molecular complexity index is 1220. The molecule has 0 N–H and O–H groups in total. The molecule has 0 radical (unpaired) electrons. The van der Waals surface area contributed by atoms with E-state index >= 15 is 0 Å². The largest absolute Gasteiger partial charge is 0.632 e. The van der Waals surface area contributed by atoms with Crippen molar-refractivity contribution in [3.63, 3.8) is 0 Å². The number of ether oxygens (including phenoxy) is 5. The highest BCUT2D eigenvalue weighted by Gasteiger charge is 2.41. The molecule has 3 aromatic rings. The van der Waals surface area contributed by atoms with Crippen LogP contribution < -0.4 is 23.7 Å². The molecule has 2 unspecified atom stereocenters. The summed E-state index contributed by atoms with van der Waals surface area (Å²) in [6, 6.07) is 6.06. The van der Waals surface area contributed by atoms with Gasteiger partial charge in [0.2, 0.25) is 5.75 Å². The third kappa shape index (κ3) is 2.81. The standard InChI is InChI=1S/C25H29NO6/c1-28-20-10-16-17(11-21(20)29-2)23-18(12-22(30-3)24(31-4)25(23)32-5)15-9-14-7-6-8-26(14,27)13-19(15)16/h10-12,14H,6-9,13H2,1-5H3. The summed E-state index contributed by atoms with van der Waals surface area (Å²) in [5, 5.41) is 17.6. The monoisotopic (exact) mass is 439 g/mol. The molecule has 3 aromatic carbocycles. The second-order valence-corrected chi connectivity index (χ2v) is 8.61. The molecule has 7 nitrogen and oxygen atoms in total. The molecule has 0 saturated carbocycles. The van der Waals surface area contributed by atoms with E-state index in [1.165, 1.54) is 5.56 Å². The molecule has 0 spiro atoms. The summed E-state index contributed by atoms with van der Waals surface area (Å²) in [6.07, 6.45) is 2.66. The summed E-state index contributed by atoms with van der Waals surface area (Å²) in [6.45, 7) is 1.13. The molecule has 0 amide bonds. The Morgan fingerprint density at radius 1 is 0.750 bits per heavy atom. The Hall–Kier alpha value is -2.90. The maximum atomic E-state index is 13.7. The van der Waals surface area contributed by atoms with Crippen molar-refractivity contribution >= 4 is 21.5 Å².